The lowest BCUT2D eigenvalue weighted by atomic mass is 9.94. The highest BCUT2D eigenvalue weighted by atomic mass is 16.5. The second kappa shape index (κ2) is 10.5. The zero-order valence-corrected chi connectivity index (χ0v) is 21.3. The highest BCUT2D eigenvalue weighted by molar-refractivity contribution is 6.03. The number of carbonyl (C=O) groups is 1. The number of aryl methyl sites for hydroxylation is 1. The van der Waals surface area contributed by atoms with Crippen LogP contribution >= 0.6 is 0 Å². The minimum Gasteiger partial charge on any atom is -0.492 e. The molecule has 184 valence electrons. The molecule has 36 heavy (non-hydrogen) atoms. The third-order valence-electron chi connectivity index (χ3n) is 6.98. The number of hydrogen-bond acceptors (Lipinski definition) is 4. The molecule has 0 bridgehead atoms. The summed E-state index contributed by atoms with van der Waals surface area (Å²) in [5.41, 5.74) is 6.77. The van der Waals surface area contributed by atoms with E-state index in [4.69, 9.17) is 4.74 Å². The molecule has 0 atom stereocenters. The Morgan fingerprint density at radius 2 is 1.78 bits per heavy atom. The first kappa shape index (κ1) is 24.0. The molecule has 0 saturated carbocycles. The summed E-state index contributed by atoms with van der Waals surface area (Å²) >= 11 is 0. The van der Waals surface area contributed by atoms with Crippen molar-refractivity contribution >= 4 is 22.4 Å². The van der Waals surface area contributed by atoms with Gasteiger partial charge in [0.1, 0.15) is 12.4 Å². The fourth-order valence-corrected chi connectivity index (χ4v) is 5.03. The summed E-state index contributed by atoms with van der Waals surface area (Å²) in [6, 6.07) is 20.9. The number of carbonyl (C=O) groups excluding carboxylic acids is 1. The van der Waals surface area contributed by atoms with Crippen molar-refractivity contribution < 1.29 is 9.53 Å². The number of benzene rings is 3. The Labute approximate surface area is 213 Å². The average molecular weight is 480 g/mol. The molecule has 0 spiro atoms. The predicted molar refractivity (Wildman–Crippen MR) is 147 cm³/mol. The number of anilines is 1. The SMILES string of the molecule is CCc1cc2c(cc1OCCN(C)C)N(C(=O)Cc1ccc(-c3ccncc3)c3ccccc13)CC2. The van der Waals surface area contributed by atoms with Gasteiger partial charge in [0.05, 0.1) is 12.1 Å². The quantitative estimate of drug-likeness (QED) is 0.333. The van der Waals surface area contributed by atoms with Gasteiger partial charge in [-0.25, -0.2) is 0 Å². The molecule has 3 aromatic carbocycles. The largest absolute Gasteiger partial charge is 0.492 e. The summed E-state index contributed by atoms with van der Waals surface area (Å²) in [6.45, 7) is 4.35. The van der Waals surface area contributed by atoms with E-state index in [1.807, 2.05) is 49.6 Å². The van der Waals surface area contributed by atoms with Crippen LogP contribution in [0.25, 0.3) is 21.9 Å². The number of pyridine rings is 1. The van der Waals surface area contributed by atoms with Crippen molar-refractivity contribution in [2.24, 2.45) is 0 Å². The van der Waals surface area contributed by atoms with E-state index in [2.05, 4.69) is 59.3 Å². The van der Waals surface area contributed by atoms with Crippen molar-refractivity contribution in [1.29, 1.82) is 0 Å². The Hall–Kier alpha value is -3.70. The maximum absolute atomic E-state index is 13.6. The van der Waals surface area contributed by atoms with Gasteiger partial charge in [-0.2, -0.15) is 0 Å². The van der Waals surface area contributed by atoms with E-state index >= 15 is 0 Å². The van der Waals surface area contributed by atoms with Gasteiger partial charge in [-0.3, -0.25) is 9.78 Å². The van der Waals surface area contributed by atoms with Crippen LogP contribution in [0.4, 0.5) is 5.69 Å². The van der Waals surface area contributed by atoms with Gasteiger partial charge in [0.15, 0.2) is 0 Å². The third kappa shape index (κ3) is 4.84. The van der Waals surface area contributed by atoms with Crippen LogP contribution < -0.4 is 9.64 Å². The molecular formula is C31H33N3O2. The average Bonchev–Trinajstić information content (AvgIpc) is 3.31. The number of nitrogens with zero attached hydrogens (tertiary/aromatic N) is 3. The molecule has 0 saturated heterocycles. The molecule has 1 amide bonds. The molecule has 1 aliphatic rings. The Morgan fingerprint density at radius 3 is 2.53 bits per heavy atom. The van der Waals surface area contributed by atoms with Crippen LogP contribution in [0, 0.1) is 0 Å². The molecule has 5 heteroatoms. The number of likely N-dealkylation sites (N-methyl/N-ethyl adjacent to an activating group) is 1. The van der Waals surface area contributed by atoms with Crippen LogP contribution in [-0.4, -0.2) is 49.6 Å². The van der Waals surface area contributed by atoms with Crippen LogP contribution in [0.3, 0.4) is 0 Å². The Bertz CT molecular complexity index is 1380. The highest BCUT2D eigenvalue weighted by Crippen LogP contribution is 2.36. The molecule has 0 radical (unpaired) electrons. The van der Waals surface area contributed by atoms with Crippen LogP contribution in [0.5, 0.6) is 5.75 Å². The lowest BCUT2D eigenvalue weighted by molar-refractivity contribution is -0.117. The van der Waals surface area contributed by atoms with Crippen LogP contribution in [-0.2, 0) is 24.1 Å². The van der Waals surface area contributed by atoms with E-state index in [0.29, 0.717) is 19.6 Å². The van der Waals surface area contributed by atoms with Crippen LogP contribution in [0.1, 0.15) is 23.6 Å². The van der Waals surface area contributed by atoms with Crippen molar-refractivity contribution in [2.45, 2.75) is 26.2 Å². The Morgan fingerprint density at radius 1 is 1.00 bits per heavy atom. The summed E-state index contributed by atoms with van der Waals surface area (Å²) in [4.78, 5) is 21.8. The number of rotatable bonds is 8. The topological polar surface area (TPSA) is 45.7 Å². The Balaban J connectivity index is 1.42. The van der Waals surface area contributed by atoms with E-state index in [1.54, 1.807) is 0 Å². The lowest BCUT2D eigenvalue weighted by Crippen LogP contribution is -2.30. The fourth-order valence-electron chi connectivity index (χ4n) is 5.03. The second-order valence-corrected chi connectivity index (χ2v) is 9.62. The molecule has 1 aromatic heterocycles. The molecule has 1 aliphatic heterocycles. The summed E-state index contributed by atoms with van der Waals surface area (Å²) in [7, 11) is 4.08. The van der Waals surface area contributed by atoms with Gasteiger partial charge >= 0.3 is 0 Å². The number of amides is 1. The standard InChI is InChI=1S/C31H33N3O2/c1-4-22-19-25-13-16-34(29(25)21-30(22)36-18-17-33(2)3)31(35)20-24-9-10-27(23-11-14-32-15-12-23)28-8-6-5-7-26(24)28/h5-12,14-15,19,21H,4,13,16-18,20H2,1-3H3. The molecule has 0 aliphatic carbocycles. The second-order valence-electron chi connectivity index (χ2n) is 9.62. The van der Waals surface area contributed by atoms with E-state index < -0.39 is 0 Å². The van der Waals surface area contributed by atoms with Crippen LogP contribution in [0.15, 0.2) is 73.1 Å². The van der Waals surface area contributed by atoms with Gasteiger partial charge < -0.3 is 14.5 Å². The molecule has 0 N–H and O–H groups in total. The van der Waals surface area contributed by atoms with Crippen molar-refractivity contribution in [3.05, 3.63) is 89.7 Å². The number of hydrogen-bond donors (Lipinski definition) is 0. The highest BCUT2D eigenvalue weighted by Gasteiger charge is 2.27. The van der Waals surface area contributed by atoms with Crippen molar-refractivity contribution in [1.82, 2.24) is 9.88 Å². The first-order chi connectivity index (χ1) is 17.5. The summed E-state index contributed by atoms with van der Waals surface area (Å²) in [5, 5.41) is 2.27. The van der Waals surface area contributed by atoms with Crippen molar-refractivity contribution in [2.75, 3.05) is 38.7 Å². The van der Waals surface area contributed by atoms with E-state index in [0.717, 1.165) is 58.3 Å². The molecule has 0 unspecified atom stereocenters. The first-order valence-corrected chi connectivity index (χ1v) is 12.7. The molecule has 5 rings (SSSR count). The maximum atomic E-state index is 13.6. The van der Waals surface area contributed by atoms with Gasteiger partial charge in [0.25, 0.3) is 0 Å². The summed E-state index contributed by atoms with van der Waals surface area (Å²) in [5.74, 6) is 1.02. The van der Waals surface area contributed by atoms with Gasteiger partial charge in [-0.1, -0.05) is 43.3 Å². The lowest BCUT2D eigenvalue weighted by Gasteiger charge is -2.21. The molecular weight excluding hydrogens is 446 g/mol. The smallest absolute Gasteiger partial charge is 0.231 e. The monoisotopic (exact) mass is 479 g/mol. The molecule has 0 fully saturated rings. The fraction of sp³-hybridized carbons (Fsp3) is 0.290. The van der Waals surface area contributed by atoms with Crippen molar-refractivity contribution in [3.63, 3.8) is 0 Å². The van der Waals surface area contributed by atoms with Crippen LogP contribution in [0.2, 0.25) is 0 Å². The third-order valence-corrected chi connectivity index (χ3v) is 6.98. The normalized spacial score (nSPS) is 12.8. The number of aromatic nitrogens is 1. The molecule has 5 nitrogen and oxygen atoms in total. The van der Waals surface area contributed by atoms with E-state index in [-0.39, 0.29) is 5.91 Å². The first-order valence-electron chi connectivity index (χ1n) is 12.7. The van der Waals surface area contributed by atoms with E-state index in [1.165, 1.54) is 11.1 Å². The van der Waals surface area contributed by atoms with Gasteiger partial charge in [0.2, 0.25) is 5.91 Å². The van der Waals surface area contributed by atoms with E-state index in [9.17, 15) is 4.79 Å². The summed E-state index contributed by atoms with van der Waals surface area (Å²) < 4.78 is 6.14. The van der Waals surface area contributed by atoms with Gasteiger partial charge in [-0.05, 0) is 83.7 Å². The number of ether oxygens (including phenoxy) is 1. The zero-order chi connectivity index (χ0) is 25.1. The van der Waals surface area contributed by atoms with Crippen molar-refractivity contribution in [3.8, 4) is 16.9 Å². The van der Waals surface area contributed by atoms with Gasteiger partial charge in [0, 0.05) is 31.5 Å². The Kier molecular flexibility index (Phi) is 7.01. The van der Waals surface area contributed by atoms with Gasteiger partial charge in [-0.15, -0.1) is 0 Å². The maximum Gasteiger partial charge on any atom is 0.231 e. The minimum atomic E-state index is 0.124. The minimum absolute atomic E-state index is 0.124. The zero-order valence-electron chi connectivity index (χ0n) is 21.3. The summed E-state index contributed by atoms with van der Waals surface area (Å²) in [6.07, 6.45) is 5.79. The number of fused-ring (bicyclic) bond motifs is 2. The predicted octanol–water partition coefficient (Wildman–Crippen LogP) is 5.54. The molecule has 4 aromatic rings. The molecule has 2 heterocycles.